The molecule has 2 aromatic carbocycles. The van der Waals surface area contributed by atoms with Crippen molar-refractivity contribution in [2.75, 3.05) is 13.7 Å². The summed E-state index contributed by atoms with van der Waals surface area (Å²) in [5.41, 5.74) is -2.59. The maximum atomic E-state index is 13.8. The van der Waals surface area contributed by atoms with Gasteiger partial charge in [0.25, 0.3) is 11.6 Å². The fraction of sp³-hybridized carbons (Fsp3) is 0.263. The Labute approximate surface area is 154 Å². The van der Waals surface area contributed by atoms with E-state index in [9.17, 15) is 22.8 Å². The van der Waals surface area contributed by atoms with E-state index in [1.54, 1.807) is 41.7 Å². The second-order valence-electron chi connectivity index (χ2n) is 5.72. The van der Waals surface area contributed by atoms with Gasteiger partial charge in [0.1, 0.15) is 0 Å². The van der Waals surface area contributed by atoms with Gasteiger partial charge in [-0.1, -0.05) is 48.5 Å². The fourth-order valence-corrected chi connectivity index (χ4v) is 2.48. The smallest absolute Gasteiger partial charge is 0.436 e. The maximum Gasteiger partial charge on any atom is 0.436 e. The topological polar surface area (TPSA) is 67.4 Å². The van der Waals surface area contributed by atoms with Gasteiger partial charge in [0.15, 0.2) is 0 Å². The number of nitrogens with one attached hydrogen (secondary N) is 2. The number of hydrogen-bond donors (Lipinski definition) is 2. The molecule has 0 saturated carbocycles. The van der Waals surface area contributed by atoms with Gasteiger partial charge in [-0.2, -0.15) is 13.2 Å². The summed E-state index contributed by atoms with van der Waals surface area (Å²) in [5, 5.41) is 3.92. The highest BCUT2D eigenvalue weighted by atomic mass is 19.4. The van der Waals surface area contributed by atoms with Gasteiger partial charge in [-0.3, -0.25) is 10.1 Å². The highest BCUT2D eigenvalue weighted by molar-refractivity contribution is 5.98. The number of benzene rings is 2. The molecular weight excluding hydrogens is 361 g/mol. The van der Waals surface area contributed by atoms with Crippen LogP contribution in [0.4, 0.5) is 13.2 Å². The number of carbonyl (C=O) groups is 2. The molecule has 0 saturated heterocycles. The minimum absolute atomic E-state index is 0.0140. The normalized spacial score (nSPS) is 13.5. The van der Waals surface area contributed by atoms with Crippen molar-refractivity contribution in [3.63, 3.8) is 0 Å². The number of ether oxygens (including phenoxy) is 1. The van der Waals surface area contributed by atoms with Crippen LogP contribution in [0, 0.1) is 0 Å². The van der Waals surface area contributed by atoms with Crippen molar-refractivity contribution in [3.05, 3.63) is 71.8 Å². The monoisotopic (exact) mass is 380 g/mol. The number of hydrogen-bond acceptors (Lipinski definition) is 4. The molecule has 0 unspecified atom stereocenters. The average molecular weight is 380 g/mol. The van der Waals surface area contributed by atoms with Crippen LogP contribution in [0.1, 0.15) is 15.9 Å². The van der Waals surface area contributed by atoms with Gasteiger partial charge in [0.05, 0.1) is 7.11 Å². The third-order valence-corrected chi connectivity index (χ3v) is 3.90. The molecule has 27 heavy (non-hydrogen) atoms. The molecule has 0 bridgehead atoms. The van der Waals surface area contributed by atoms with E-state index in [0.717, 1.165) is 12.7 Å². The molecule has 1 atom stereocenters. The molecule has 0 aliphatic rings. The Kier molecular flexibility index (Phi) is 6.57. The van der Waals surface area contributed by atoms with E-state index in [2.05, 4.69) is 10.1 Å². The lowest BCUT2D eigenvalue weighted by Gasteiger charge is -2.34. The third-order valence-electron chi connectivity index (χ3n) is 3.90. The highest BCUT2D eigenvalue weighted by Gasteiger charge is 2.62. The van der Waals surface area contributed by atoms with E-state index < -0.39 is 23.7 Å². The van der Waals surface area contributed by atoms with Crippen LogP contribution >= 0.6 is 0 Å². The lowest BCUT2D eigenvalue weighted by molar-refractivity contribution is -0.217. The Morgan fingerprint density at radius 1 is 0.963 bits per heavy atom. The average Bonchev–Trinajstić information content (AvgIpc) is 2.67. The molecule has 144 valence electrons. The van der Waals surface area contributed by atoms with E-state index in [0.29, 0.717) is 0 Å². The summed E-state index contributed by atoms with van der Waals surface area (Å²) in [7, 11) is 0.830. The number of amides is 1. The van der Waals surface area contributed by atoms with E-state index >= 15 is 0 Å². The molecule has 0 radical (unpaired) electrons. The summed E-state index contributed by atoms with van der Waals surface area (Å²) in [4.78, 5) is 24.4. The van der Waals surface area contributed by atoms with Crippen molar-refractivity contribution in [1.29, 1.82) is 0 Å². The molecule has 5 nitrogen and oxygen atoms in total. The zero-order valence-electron chi connectivity index (χ0n) is 14.5. The van der Waals surface area contributed by atoms with Gasteiger partial charge in [0.2, 0.25) is 0 Å². The summed E-state index contributed by atoms with van der Waals surface area (Å²) in [6.07, 6.45) is -4.90. The van der Waals surface area contributed by atoms with Gasteiger partial charge >= 0.3 is 12.1 Å². The van der Waals surface area contributed by atoms with Gasteiger partial charge in [-0.25, -0.2) is 4.79 Å². The molecule has 8 heteroatoms. The number of halogens is 3. The number of methoxy groups -OCH3 is 1. The SMILES string of the molecule is COC(=O)[C@@](NCCc1ccccc1)(NC(=O)c1ccccc1)C(F)(F)F. The van der Waals surface area contributed by atoms with Crippen LogP contribution in [-0.4, -0.2) is 37.4 Å². The second-order valence-corrected chi connectivity index (χ2v) is 5.72. The summed E-state index contributed by atoms with van der Waals surface area (Å²) in [6.45, 7) is -0.215. The first-order valence-electron chi connectivity index (χ1n) is 8.12. The lowest BCUT2D eigenvalue weighted by Crippen LogP contribution is -2.72. The van der Waals surface area contributed by atoms with Crippen LogP contribution in [0.25, 0.3) is 0 Å². The van der Waals surface area contributed by atoms with Gasteiger partial charge in [-0.05, 0) is 24.1 Å². The van der Waals surface area contributed by atoms with Crippen molar-refractivity contribution < 1.29 is 27.5 Å². The van der Waals surface area contributed by atoms with Crippen molar-refractivity contribution in [2.45, 2.75) is 18.3 Å². The zero-order valence-corrected chi connectivity index (χ0v) is 14.5. The van der Waals surface area contributed by atoms with Crippen molar-refractivity contribution in [2.24, 2.45) is 0 Å². The predicted octanol–water partition coefficient (Wildman–Crippen LogP) is 2.68. The Morgan fingerprint density at radius 3 is 2.04 bits per heavy atom. The molecule has 0 aliphatic heterocycles. The van der Waals surface area contributed by atoms with Crippen molar-refractivity contribution in [3.8, 4) is 0 Å². The number of esters is 1. The van der Waals surface area contributed by atoms with E-state index in [-0.39, 0.29) is 18.5 Å². The number of alkyl halides is 3. The van der Waals surface area contributed by atoms with Crippen LogP contribution in [0.2, 0.25) is 0 Å². The molecule has 0 spiro atoms. The Morgan fingerprint density at radius 2 is 1.52 bits per heavy atom. The second kappa shape index (κ2) is 8.68. The van der Waals surface area contributed by atoms with Crippen LogP contribution < -0.4 is 10.6 Å². The summed E-state index contributed by atoms with van der Waals surface area (Å²) >= 11 is 0. The fourth-order valence-electron chi connectivity index (χ4n) is 2.48. The summed E-state index contributed by atoms with van der Waals surface area (Å²) in [5.74, 6) is -2.70. The first-order valence-corrected chi connectivity index (χ1v) is 8.12. The Bertz CT molecular complexity index is 767. The molecule has 2 rings (SSSR count). The molecule has 1 amide bonds. The lowest BCUT2D eigenvalue weighted by atomic mass is 10.1. The minimum Gasteiger partial charge on any atom is -0.466 e. The Hall–Kier alpha value is -2.87. The van der Waals surface area contributed by atoms with Gasteiger partial charge in [-0.15, -0.1) is 0 Å². The quantitative estimate of drug-likeness (QED) is 0.573. The minimum atomic E-state index is -5.12. The van der Waals surface area contributed by atoms with Crippen molar-refractivity contribution in [1.82, 2.24) is 10.6 Å². The number of carbonyl (C=O) groups excluding carboxylic acids is 2. The van der Waals surface area contributed by atoms with Crippen LogP contribution in [-0.2, 0) is 16.0 Å². The Balaban J connectivity index is 2.26. The first kappa shape index (κ1) is 20.4. The highest BCUT2D eigenvalue weighted by Crippen LogP contribution is 2.30. The molecule has 0 fully saturated rings. The van der Waals surface area contributed by atoms with E-state index in [1.165, 1.54) is 24.3 Å². The molecular formula is C19H19F3N2O3. The third kappa shape index (κ3) is 4.85. The van der Waals surface area contributed by atoms with E-state index in [4.69, 9.17) is 0 Å². The van der Waals surface area contributed by atoms with Crippen LogP contribution in [0.15, 0.2) is 60.7 Å². The molecule has 2 N–H and O–H groups in total. The zero-order chi connectivity index (χ0) is 19.9. The standard InChI is InChI=1S/C19H19F3N2O3/c1-27-17(26)18(19(20,21)22,23-13-12-14-8-4-2-5-9-14)24-16(25)15-10-6-3-7-11-15/h2-11,23H,12-13H2,1H3,(H,24,25)/t18-/m1/s1. The van der Waals surface area contributed by atoms with E-state index in [1.807, 2.05) is 0 Å². The molecule has 0 aliphatic carbocycles. The maximum absolute atomic E-state index is 13.8. The number of rotatable bonds is 7. The van der Waals surface area contributed by atoms with Crippen LogP contribution in [0.5, 0.6) is 0 Å². The first-order chi connectivity index (χ1) is 12.8. The molecule has 0 aromatic heterocycles. The summed E-state index contributed by atoms with van der Waals surface area (Å²) in [6, 6.07) is 16.1. The van der Waals surface area contributed by atoms with Crippen molar-refractivity contribution >= 4 is 11.9 Å². The van der Waals surface area contributed by atoms with Crippen LogP contribution in [0.3, 0.4) is 0 Å². The molecule has 2 aromatic rings. The largest absolute Gasteiger partial charge is 0.466 e. The summed E-state index contributed by atoms with van der Waals surface area (Å²) < 4.78 is 45.9. The predicted molar refractivity (Wildman–Crippen MR) is 92.9 cm³/mol. The van der Waals surface area contributed by atoms with Gasteiger partial charge < -0.3 is 10.1 Å². The van der Waals surface area contributed by atoms with Gasteiger partial charge in [0, 0.05) is 12.1 Å². The molecule has 0 heterocycles.